The van der Waals surface area contributed by atoms with Crippen molar-refractivity contribution in [3.8, 4) is 0 Å². The van der Waals surface area contributed by atoms with Crippen LogP contribution >= 0.6 is 0 Å². The molecule has 0 spiro atoms. The predicted molar refractivity (Wildman–Crippen MR) is 65.3 cm³/mol. The molecule has 0 radical (unpaired) electrons. The van der Waals surface area contributed by atoms with Crippen molar-refractivity contribution < 1.29 is 9.50 Å². The highest BCUT2D eigenvalue weighted by Gasteiger charge is 2.33. The first kappa shape index (κ1) is 12.3. The molecule has 0 aromatic carbocycles. The van der Waals surface area contributed by atoms with E-state index in [-0.39, 0.29) is 18.0 Å². The van der Waals surface area contributed by atoms with Crippen LogP contribution in [0.1, 0.15) is 32.6 Å². The van der Waals surface area contributed by atoms with Crippen LogP contribution in [0.2, 0.25) is 0 Å². The van der Waals surface area contributed by atoms with E-state index in [1.807, 2.05) is 0 Å². The number of nitrogens with one attached hydrogen (secondary N) is 1. The summed E-state index contributed by atoms with van der Waals surface area (Å²) in [6.45, 7) is 2.33. The number of hydrogen-bond acceptors (Lipinski definition) is 3. The van der Waals surface area contributed by atoms with Gasteiger partial charge in [-0.25, -0.2) is 9.37 Å². The molecule has 2 N–H and O–H groups in total. The van der Waals surface area contributed by atoms with Gasteiger partial charge in [0.15, 0.2) is 0 Å². The van der Waals surface area contributed by atoms with Gasteiger partial charge in [0.05, 0.1) is 18.3 Å². The molecule has 17 heavy (non-hydrogen) atoms. The first-order valence-electron chi connectivity index (χ1n) is 6.14. The summed E-state index contributed by atoms with van der Waals surface area (Å²) in [4.78, 5) is 3.99. The SMILES string of the molecule is CC1CCC(CO)(Nc2ccc(F)cn2)CC1. The smallest absolute Gasteiger partial charge is 0.141 e. The molecule has 0 saturated heterocycles. The van der Waals surface area contributed by atoms with E-state index in [1.54, 1.807) is 6.07 Å². The lowest BCUT2D eigenvalue weighted by atomic mass is 9.77. The molecule has 0 aliphatic heterocycles. The minimum atomic E-state index is -0.342. The quantitative estimate of drug-likeness (QED) is 0.850. The molecule has 0 bridgehead atoms. The van der Waals surface area contributed by atoms with Crippen LogP contribution in [0.4, 0.5) is 10.2 Å². The Morgan fingerprint density at radius 3 is 2.71 bits per heavy atom. The number of nitrogens with zero attached hydrogens (tertiary/aromatic N) is 1. The number of rotatable bonds is 3. The van der Waals surface area contributed by atoms with Crippen molar-refractivity contribution in [1.29, 1.82) is 0 Å². The van der Waals surface area contributed by atoms with Crippen molar-refractivity contribution in [2.45, 2.75) is 38.1 Å². The van der Waals surface area contributed by atoms with Crippen molar-refractivity contribution in [2.75, 3.05) is 11.9 Å². The van der Waals surface area contributed by atoms with Gasteiger partial charge in [-0.2, -0.15) is 0 Å². The van der Waals surface area contributed by atoms with Crippen molar-refractivity contribution in [1.82, 2.24) is 4.98 Å². The Morgan fingerprint density at radius 1 is 1.47 bits per heavy atom. The highest BCUT2D eigenvalue weighted by Crippen LogP contribution is 2.33. The second-order valence-corrected chi connectivity index (χ2v) is 5.11. The summed E-state index contributed by atoms with van der Waals surface area (Å²) in [7, 11) is 0. The number of pyridine rings is 1. The molecule has 1 aromatic heterocycles. The molecule has 1 aromatic rings. The van der Waals surface area contributed by atoms with Crippen LogP contribution in [0.15, 0.2) is 18.3 Å². The van der Waals surface area contributed by atoms with E-state index >= 15 is 0 Å². The van der Waals surface area contributed by atoms with E-state index in [4.69, 9.17) is 0 Å². The molecule has 1 saturated carbocycles. The molecule has 94 valence electrons. The van der Waals surface area contributed by atoms with Crippen molar-refractivity contribution in [3.63, 3.8) is 0 Å². The van der Waals surface area contributed by atoms with Gasteiger partial charge in [-0.05, 0) is 43.7 Å². The molecule has 1 heterocycles. The van der Waals surface area contributed by atoms with Gasteiger partial charge in [0, 0.05) is 0 Å². The number of aliphatic hydroxyl groups excluding tert-OH is 1. The lowest BCUT2D eigenvalue weighted by Crippen LogP contribution is -2.45. The summed E-state index contributed by atoms with van der Waals surface area (Å²) in [6.07, 6.45) is 5.27. The minimum Gasteiger partial charge on any atom is -0.394 e. The lowest BCUT2D eigenvalue weighted by molar-refractivity contribution is 0.155. The molecule has 1 aliphatic carbocycles. The van der Waals surface area contributed by atoms with Crippen LogP contribution < -0.4 is 5.32 Å². The van der Waals surface area contributed by atoms with Crippen LogP contribution in [-0.2, 0) is 0 Å². The number of halogens is 1. The molecule has 1 aliphatic rings. The Hall–Kier alpha value is -1.16. The van der Waals surface area contributed by atoms with Gasteiger partial charge in [-0.15, -0.1) is 0 Å². The fraction of sp³-hybridized carbons (Fsp3) is 0.615. The number of anilines is 1. The summed E-state index contributed by atoms with van der Waals surface area (Å²) in [5, 5.41) is 12.8. The number of aliphatic hydroxyl groups is 1. The third-order valence-electron chi connectivity index (χ3n) is 3.65. The van der Waals surface area contributed by atoms with E-state index in [9.17, 15) is 9.50 Å². The molecule has 1 fully saturated rings. The van der Waals surface area contributed by atoms with Crippen LogP contribution in [-0.4, -0.2) is 22.2 Å². The lowest BCUT2D eigenvalue weighted by Gasteiger charge is -2.39. The molecule has 0 amide bonds. The van der Waals surface area contributed by atoms with Crippen LogP contribution in [0.25, 0.3) is 0 Å². The second-order valence-electron chi connectivity index (χ2n) is 5.11. The van der Waals surface area contributed by atoms with E-state index in [0.717, 1.165) is 31.6 Å². The highest BCUT2D eigenvalue weighted by atomic mass is 19.1. The first-order valence-corrected chi connectivity index (χ1v) is 6.14. The predicted octanol–water partition coefficient (Wildman–Crippen LogP) is 2.57. The van der Waals surface area contributed by atoms with Crippen LogP contribution in [0.5, 0.6) is 0 Å². The van der Waals surface area contributed by atoms with E-state index < -0.39 is 0 Å². The summed E-state index contributed by atoms with van der Waals surface area (Å²) in [5.74, 6) is 1.01. The molecular weight excluding hydrogens is 219 g/mol. The fourth-order valence-electron chi connectivity index (χ4n) is 2.36. The molecule has 0 unspecified atom stereocenters. The molecule has 0 atom stereocenters. The average Bonchev–Trinajstić information content (AvgIpc) is 2.35. The fourth-order valence-corrected chi connectivity index (χ4v) is 2.36. The van der Waals surface area contributed by atoms with Gasteiger partial charge in [-0.3, -0.25) is 0 Å². The van der Waals surface area contributed by atoms with E-state index in [1.165, 1.54) is 12.3 Å². The van der Waals surface area contributed by atoms with Crippen molar-refractivity contribution >= 4 is 5.82 Å². The molecule has 2 rings (SSSR count). The van der Waals surface area contributed by atoms with Crippen molar-refractivity contribution in [3.05, 3.63) is 24.1 Å². The third kappa shape index (κ3) is 2.94. The maximum atomic E-state index is 12.8. The Balaban J connectivity index is 2.06. The Kier molecular flexibility index (Phi) is 3.62. The Bertz CT molecular complexity index is 358. The zero-order valence-electron chi connectivity index (χ0n) is 10.1. The highest BCUT2D eigenvalue weighted by molar-refractivity contribution is 5.37. The number of aromatic nitrogens is 1. The summed E-state index contributed by atoms with van der Waals surface area (Å²) >= 11 is 0. The van der Waals surface area contributed by atoms with Crippen LogP contribution in [0, 0.1) is 11.7 Å². The Morgan fingerprint density at radius 2 is 2.18 bits per heavy atom. The topological polar surface area (TPSA) is 45.1 Å². The second kappa shape index (κ2) is 5.00. The third-order valence-corrected chi connectivity index (χ3v) is 3.65. The van der Waals surface area contributed by atoms with E-state index in [0.29, 0.717) is 5.82 Å². The van der Waals surface area contributed by atoms with Crippen LogP contribution in [0.3, 0.4) is 0 Å². The number of hydrogen-bond donors (Lipinski definition) is 2. The first-order chi connectivity index (χ1) is 8.13. The monoisotopic (exact) mass is 238 g/mol. The zero-order chi connectivity index (χ0) is 12.3. The average molecular weight is 238 g/mol. The van der Waals surface area contributed by atoms with Gasteiger partial charge in [0.25, 0.3) is 0 Å². The van der Waals surface area contributed by atoms with Gasteiger partial charge in [-0.1, -0.05) is 6.92 Å². The standard InChI is InChI=1S/C13H19FN2O/c1-10-4-6-13(9-17,7-5-10)16-12-3-2-11(14)8-15-12/h2-3,8,10,17H,4-7,9H2,1H3,(H,15,16). The maximum Gasteiger partial charge on any atom is 0.141 e. The Labute approximate surface area is 101 Å². The minimum absolute atomic E-state index is 0.0960. The summed E-state index contributed by atoms with van der Waals surface area (Å²) in [5.41, 5.74) is -0.280. The largest absolute Gasteiger partial charge is 0.394 e. The molecular formula is C13H19FN2O. The zero-order valence-corrected chi connectivity index (χ0v) is 10.1. The summed E-state index contributed by atoms with van der Waals surface area (Å²) in [6, 6.07) is 3.00. The maximum absolute atomic E-state index is 12.8. The molecule has 4 heteroatoms. The molecule has 3 nitrogen and oxygen atoms in total. The van der Waals surface area contributed by atoms with Crippen molar-refractivity contribution in [2.24, 2.45) is 5.92 Å². The normalized spacial score (nSPS) is 29.0. The van der Waals surface area contributed by atoms with E-state index in [2.05, 4.69) is 17.2 Å². The summed E-state index contributed by atoms with van der Waals surface area (Å²) < 4.78 is 12.8. The van der Waals surface area contributed by atoms with Gasteiger partial charge in [0.1, 0.15) is 11.6 Å². The van der Waals surface area contributed by atoms with Gasteiger partial charge >= 0.3 is 0 Å². The van der Waals surface area contributed by atoms with Gasteiger partial charge < -0.3 is 10.4 Å². The van der Waals surface area contributed by atoms with Gasteiger partial charge in [0.2, 0.25) is 0 Å².